The van der Waals surface area contributed by atoms with E-state index in [0.29, 0.717) is 49.0 Å². The van der Waals surface area contributed by atoms with Crippen LogP contribution in [0.5, 0.6) is 0 Å². The standard InChI is InChI=1S/C25H29F2N5O2/c1-3-21(33)20-14-18(15-32(20)12-6-10-26)25(23(34)31(2)24(28)30-25)17-8-4-7-16(13-17)19-9-5-11-29-22(19)27/h4-5,7-9,11,13,18,20H,3,6,10,12,14-15H2,1-2H3,(H2,28,30)/t18?,20?,25-/m0/s1. The van der Waals surface area contributed by atoms with Crippen LogP contribution in [0.1, 0.15) is 31.7 Å². The summed E-state index contributed by atoms with van der Waals surface area (Å²) in [4.78, 5) is 38.1. The zero-order chi connectivity index (χ0) is 24.5. The van der Waals surface area contributed by atoms with Crippen molar-refractivity contribution in [2.75, 3.05) is 26.8 Å². The lowest BCUT2D eigenvalue weighted by Crippen LogP contribution is -2.45. The molecule has 0 saturated carbocycles. The van der Waals surface area contributed by atoms with Gasteiger partial charge in [0.15, 0.2) is 11.5 Å². The van der Waals surface area contributed by atoms with Crippen molar-refractivity contribution in [2.45, 2.75) is 37.8 Å². The highest BCUT2D eigenvalue weighted by molar-refractivity contribution is 6.07. The fourth-order valence-electron chi connectivity index (χ4n) is 5.16. The highest BCUT2D eigenvalue weighted by Crippen LogP contribution is 2.46. The molecule has 2 N–H and O–H groups in total. The zero-order valence-electron chi connectivity index (χ0n) is 19.4. The third kappa shape index (κ3) is 3.98. The maximum atomic E-state index is 14.4. The molecule has 9 heteroatoms. The predicted octanol–water partition coefficient (Wildman–Crippen LogP) is 2.90. The lowest BCUT2D eigenvalue weighted by molar-refractivity contribution is -0.132. The average Bonchev–Trinajstić information content (AvgIpc) is 3.38. The van der Waals surface area contributed by atoms with Gasteiger partial charge < -0.3 is 5.73 Å². The van der Waals surface area contributed by atoms with Crippen LogP contribution in [-0.4, -0.2) is 65.3 Å². The van der Waals surface area contributed by atoms with E-state index in [4.69, 9.17) is 5.73 Å². The van der Waals surface area contributed by atoms with Gasteiger partial charge in [-0.15, -0.1) is 0 Å². The number of benzene rings is 1. The molecule has 7 nitrogen and oxygen atoms in total. The number of rotatable bonds is 8. The molecule has 180 valence electrons. The first kappa shape index (κ1) is 23.9. The molecule has 2 aliphatic heterocycles. The second-order valence-corrected chi connectivity index (χ2v) is 8.83. The Labute approximate surface area is 197 Å². The molecule has 1 amide bonds. The summed E-state index contributed by atoms with van der Waals surface area (Å²) in [5, 5.41) is 0. The van der Waals surface area contributed by atoms with Crippen LogP contribution in [0.15, 0.2) is 47.6 Å². The van der Waals surface area contributed by atoms with Gasteiger partial charge in [0, 0.05) is 44.2 Å². The molecule has 2 aliphatic rings. The first-order chi connectivity index (χ1) is 16.3. The van der Waals surface area contributed by atoms with Crippen molar-refractivity contribution in [3.63, 3.8) is 0 Å². The normalized spacial score (nSPS) is 25.1. The summed E-state index contributed by atoms with van der Waals surface area (Å²) in [5.41, 5.74) is 6.20. The van der Waals surface area contributed by atoms with Crippen LogP contribution in [-0.2, 0) is 15.1 Å². The number of nitrogens with two attached hydrogens (primary N) is 1. The number of likely N-dealkylation sites (N-methyl/N-ethyl adjacent to an activating group) is 1. The van der Waals surface area contributed by atoms with Gasteiger partial charge in [-0.1, -0.05) is 25.1 Å². The van der Waals surface area contributed by atoms with Crippen molar-refractivity contribution in [1.29, 1.82) is 0 Å². The number of carbonyl (C=O) groups excluding carboxylic acids is 2. The Morgan fingerprint density at radius 2 is 2.09 bits per heavy atom. The van der Waals surface area contributed by atoms with E-state index >= 15 is 0 Å². The van der Waals surface area contributed by atoms with Crippen molar-refractivity contribution >= 4 is 17.6 Å². The number of alkyl halides is 1. The second kappa shape index (κ2) is 9.58. The number of hydrogen-bond donors (Lipinski definition) is 1. The Morgan fingerprint density at radius 3 is 2.74 bits per heavy atom. The van der Waals surface area contributed by atoms with Gasteiger partial charge in [0.1, 0.15) is 5.78 Å². The van der Waals surface area contributed by atoms with Crippen molar-refractivity contribution in [2.24, 2.45) is 16.6 Å². The summed E-state index contributed by atoms with van der Waals surface area (Å²) >= 11 is 0. The van der Waals surface area contributed by atoms with Gasteiger partial charge in [0.2, 0.25) is 5.95 Å². The molecule has 3 atom stereocenters. The fraction of sp³-hybridized carbons (Fsp3) is 0.440. The summed E-state index contributed by atoms with van der Waals surface area (Å²) in [6.45, 7) is 2.14. The maximum Gasteiger partial charge on any atom is 0.262 e. The molecule has 0 radical (unpaired) electrons. The molecule has 0 bridgehead atoms. The number of Topliss-reactive ketones (excluding diaryl/α,β-unsaturated/α-hetero) is 1. The van der Waals surface area contributed by atoms with Crippen LogP contribution in [0.2, 0.25) is 0 Å². The number of aliphatic imine (C=N–C) groups is 1. The van der Waals surface area contributed by atoms with Crippen LogP contribution in [0.3, 0.4) is 0 Å². The molecule has 1 saturated heterocycles. The number of pyridine rings is 1. The molecule has 1 fully saturated rings. The number of guanidine groups is 1. The molecule has 2 aromatic rings. The Hall–Kier alpha value is -3.20. The van der Waals surface area contributed by atoms with Gasteiger partial charge in [-0.05, 0) is 42.2 Å². The van der Waals surface area contributed by atoms with E-state index in [1.807, 2.05) is 4.90 Å². The highest BCUT2D eigenvalue weighted by Gasteiger charge is 2.57. The summed E-state index contributed by atoms with van der Waals surface area (Å²) in [6.07, 6.45) is 2.44. The average molecular weight is 470 g/mol. The van der Waals surface area contributed by atoms with E-state index < -0.39 is 24.2 Å². The van der Waals surface area contributed by atoms with Crippen molar-refractivity contribution < 1.29 is 18.4 Å². The SMILES string of the molecule is CCC(=O)C1CC([C@]2(c3cccc(-c4cccnc4F)c3)N=C(N)N(C)C2=O)CN1CCCF. The number of likely N-dealkylation sites (tertiary alicyclic amines) is 1. The molecule has 0 aliphatic carbocycles. The summed E-state index contributed by atoms with van der Waals surface area (Å²) in [7, 11) is 1.57. The molecule has 3 heterocycles. The monoisotopic (exact) mass is 469 g/mol. The van der Waals surface area contributed by atoms with Gasteiger partial charge >= 0.3 is 0 Å². The quantitative estimate of drug-likeness (QED) is 0.601. The number of halogens is 2. The van der Waals surface area contributed by atoms with Crippen molar-refractivity contribution in [3.05, 3.63) is 54.1 Å². The van der Waals surface area contributed by atoms with Crippen molar-refractivity contribution in [3.8, 4) is 11.1 Å². The van der Waals surface area contributed by atoms with E-state index in [1.54, 1.807) is 50.4 Å². The third-order valence-corrected chi connectivity index (χ3v) is 6.93. The highest BCUT2D eigenvalue weighted by atomic mass is 19.1. The lowest BCUT2D eigenvalue weighted by Gasteiger charge is -2.32. The minimum Gasteiger partial charge on any atom is -0.369 e. The Balaban J connectivity index is 1.81. The number of carbonyl (C=O) groups is 2. The lowest BCUT2D eigenvalue weighted by atomic mass is 9.75. The van der Waals surface area contributed by atoms with E-state index in [1.165, 1.54) is 11.1 Å². The summed E-state index contributed by atoms with van der Waals surface area (Å²) in [6, 6.07) is 9.89. The third-order valence-electron chi connectivity index (χ3n) is 6.93. The first-order valence-corrected chi connectivity index (χ1v) is 11.5. The molecule has 1 aromatic carbocycles. The molecular formula is C25H29F2N5O2. The van der Waals surface area contributed by atoms with E-state index in [0.717, 1.165) is 0 Å². The number of amides is 1. The summed E-state index contributed by atoms with van der Waals surface area (Å²) in [5.74, 6) is -1.13. The molecule has 4 rings (SSSR count). The Bertz CT molecular complexity index is 1120. The largest absolute Gasteiger partial charge is 0.369 e. The minimum atomic E-state index is -1.36. The molecule has 1 aromatic heterocycles. The minimum absolute atomic E-state index is 0.0541. The zero-order valence-corrected chi connectivity index (χ0v) is 19.4. The number of hydrogen-bond acceptors (Lipinski definition) is 6. The van der Waals surface area contributed by atoms with Gasteiger partial charge in [0.05, 0.1) is 12.7 Å². The second-order valence-electron chi connectivity index (χ2n) is 8.83. The van der Waals surface area contributed by atoms with E-state index in [-0.39, 0.29) is 23.6 Å². The van der Waals surface area contributed by atoms with Gasteiger partial charge in [0.25, 0.3) is 5.91 Å². The van der Waals surface area contributed by atoms with Crippen LogP contribution in [0.25, 0.3) is 11.1 Å². The molecular weight excluding hydrogens is 440 g/mol. The summed E-state index contributed by atoms with van der Waals surface area (Å²) < 4.78 is 27.4. The van der Waals surface area contributed by atoms with Gasteiger partial charge in [-0.2, -0.15) is 4.39 Å². The fourth-order valence-corrected chi connectivity index (χ4v) is 5.16. The Kier molecular flexibility index (Phi) is 6.74. The van der Waals surface area contributed by atoms with E-state index in [9.17, 15) is 18.4 Å². The molecule has 34 heavy (non-hydrogen) atoms. The van der Waals surface area contributed by atoms with E-state index in [2.05, 4.69) is 9.98 Å². The van der Waals surface area contributed by atoms with Crippen LogP contribution < -0.4 is 5.73 Å². The van der Waals surface area contributed by atoms with Gasteiger partial charge in [-0.25, -0.2) is 9.98 Å². The van der Waals surface area contributed by atoms with Crippen LogP contribution in [0.4, 0.5) is 8.78 Å². The van der Waals surface area contributed by atoms with Crippen molar-refractivity contribution in [1.82, 2.24) is 14.8 Å². The topological polar surface area (TPSA) is 91.9 Å². The number of nitrogens with zero attached hydrogens (tertiary/aromatic N) is 4. The number of ketones is 1. The molecule has 2 unspecified atom stereocenters. The number of aromatic nitrogens is 1. The predicted molar refractivity (Wildman–Crippen MR) is 125 cm³/mol. The maximum absolute atomic E-state index is 14.4. The molecule has 0 spiro atoms. The Morgan fingerprint density at radius 1 is 1.29 bits per heavy atom. The first-order valence-electron chi connectivity index (χ1n) is 11.5. The van der Waals surface area contributed by atoms with Crippen LogP contribution in [0, 0.1) is 11.9 Å². The smallest absolute Gasteiger partial charge is 0.262 e. The van der Waals surface area contributed by atoms with Gasteiger partial charge in [-0.3, -0.25) is 23.8 Å². The van der Waals surface area contributed by atoms with Crippen LogP contribution >= 0.6 is 0 Å².